The van der Waals surface area contributed by atoms with Crippen LogP contribution in [0.1, 0.15) is 51.4 Å². The minimum atomic E-state index is 1.00. The molecule has 2 fully saturated rings. The van der Waals surface area contributed by atoms with E-state index in [1.807, 2.05) is 0 Å². The third-order valence-electron chi connectivity index (χ3n) is 3.47. The van der Waals surface area contributed by atoms with Crippen LogP contribution < -0.4 is 0 Å². The molecule has 0 heterocycles. The van der Waals surface area contributed by atoms with Gasteiger partial charge in [0.2, 0.25) is 0 Å². The molecule has 12 heavy (non-hydrogen) atoms. The molecule has 0 aromatic carbocycles. The second-order valence-corrected chi connectivity index (χ2v) is 4.09. The van der Waals surface area contributed by atoms with Gasteiger partial charge in [-0.1, -0.05) is 51.4 Å². The van der Waals surface area contributed by atoms with Gasteiger partial charge in [0.1, 0.15) is 0 Å². The van der Waals surface area contributed by atoms with E-state index in [9.17, 15) is 0 Å². The summed E-state index contributed by atoms with van der Waals surface area (Å²) in [5.41, 5.74) is 0. The van der Waals surface area contributed by atoms with Gasteiger partial charge in [0, 0.05) is 7.11 Å². The van der Waals surface area contributed by atoms with Gasteiger partial charge in [0.25, 0.3) is 0 Å². The minimum absolute atomic E-state index is 1.00. The van der Waals surface area contributed by atoms with Crippen LogP contribution in [0.25, 0.3) is 0 Å². The third kappa shape index (κ3) is 2.48. The van der Waals surface area contributed by atoms with Gasteiger partial charge in [-0.3, -0.25) is 0 Å². The van der Waals surface area contributed by atoms with Crippen LogP contribution in [-0.4, -0.2) is 12.2 Å². The van der Waals surface area contributed by atoms with E-state index in [0.29, 0.717) is 0 Å². The summed E-state index contributed by atoms with van der Waals surface area (Å²) in [6, 6.07) is 0. The van der Waals surface area contributed by atoms with Crippen molar-refractivity contribution in [3.8, 4) is 0 Å². The van der Waals surface area contributed by atoms with E-state index in [4.69, 9.17) is 5.11 Å². The normalized spacial score (nSPS) is 34.5. The molecule has 0 saturated heterocycles. The number of hydrogen-bond acceptors (Lipinski definition) is 1. The highest BCUT2D eigenvalue weighted by Crippen LogP contribution is 2.39. The summed E-state index contributed by atoms with van der Waals surface area (Å²) in [6.07, 6.45) is 12.4. The van der Waals surface area contributed by atoms with Gasteiger partial charge >= 0.3 is 0 Å². The summed E-state index contributed by atoms with van der Waals surface area (Å²) in [4.78, 5) is 0. The SMILES string of the molecule is C1CCC2CCCCC2C1.CO. The molecule has 1 heteroatoms. The predicted molar refractivity (Wildman–Crippen MR) is 52.1 cm³/mol. The van der Waals surface area contributed by atoms with Crippen molar-refractivity contribution in [1.29, 1.82) is 0 Å². The summed E-state index contributed by atoms with van der Waals surface area (Å²) >= 11 is 0. The van der Waals surface area contributed by atoms with Crippen LogP contribution in [0, 0.1) is 11.8 Å². The summed E-state index contributed by atoms with van der Waals surface area (Å²) in [5.74, 6) is 2.31. The molecule has 2 aliphatic carbocycles. The lowest BCUT2D eigenvalue weighted by atomic mass is 9.71. The average molecular weight is 170 g/mol. The molecule has 72 valence electrons. The topological polar surface area (TPSA) is 20.2 Å². The summed E-state index contributed by atoms with van der Waals surface area (Å²) in [6.45, 7) is 0. The van der Waals surface area contributed by atoms with Gasteiger partial charge < -0.3 is 5.11 Å². The Labute approximate surface area is 76.2 Å². The maximum Gasteiger partial charge on any atom is 0.0319 e. The predicted octanol–water partition coefficient (Wildman–Crippen LogP) is 2.98. The molecule has 2 saturated carbocycles. The fourth-order valence-corrected chi connectivity index (χ4v) is 2.86. The molecule has 1 nitrogen and oxygen atoms in total. The minimum Gasteiger partial charge on any atom is -0.400 e. The molecule has 0 bridgehead atoms. The van der Waals surface area contributed by atoms with E-state index >= 15 is 0 Å². The third-order valence-corrected chi connectivity index (χ3v) is 3.47. The zero-order chi connectivity index (χ0) is 8.81. The number of aliphatic hydroxyl groups excluding tert-OH is 1. The first kappa shape index (κ1) is 10.0. The Balaban J connectivity index is 0.000000336. The lowest BCUT2D eigenvalue weighted by Crippen LogP contribution is -2.22. The van der Waals surface area contributed by atoms with Crippen molar-refractivity contribution in [3.05, 3.63) is 0 Å². The van der Waals surface area contributed by atoms with Crippen LogP contribution in [0.2, 0.25) is 0 Å². The summed E-state index contributed by atoms with van der Waals surface area (Å²) in [7, 11) is 1.00. The monoisotopic (exact) mass is 170 g/mol. The molecule has 0 aliphatic heterocycles. The molecule has 0 atom stereocenters. The molecule has 0 radical (unpaired) electrons. The maximum absolute atomic E-state index is 7.00. The lowest BCUT2D eigenvalue weighted by molar-refractivity contribution is 0.171. The van der Waals surface area contributed by atoms with Crippen molar-refractivity contribution < 1.29 is 5.11 Å². The van der Waals surface area contributed by atoms with Crippen molar-refractivity contribution in [2.45, 2.75) is 51.4 Å². The maximum atomic E-state index is 7.00. The van der Waals surface area contributed by atoms with Gasteiger partial charge in [-0.25, -0.2) is 0 Å². The first-order valence-corrected chi connectivity index (χ1v) is 5.41. The standard InChI is InChI=1S/C10H18.CH4O/c1-2-6-10-8-4-3-7-9(10)5-1;1-2/h9-10H,1-8H2;2H,1H3. The van der Waals surface area contributed by atoms with Crippen LogP contribution in [0.5, 0.6) is 0 Å². The van der Waals surface area contributed by atoms with Crippen molar-refractivity contribution in [2.24, 2.45) is 11.8 Å². The second kappa shape index (κ2) is 5.58. The first-order valence-electron chi connectivity index (χ1n) is 5.41. The first-order chi connectivity index (χ1) is 5.97. The van der Waals surface area contributed by atoms with Gasteiger partial charge in [0.15, 0.2) is 0 Å². The summed E-state index contributed by atoms with van der Waals surface area (Å²) in [5, 5.41) is 7.00. The number of rotatable bonds is 0. The van der Waals surface area contributed by atoms with E-state index in [1.54, 1.807) is 25.7 Å². The van der Waals surface area contributed by atoms with Crippen molar-refractivity contribution in [2.75, 3.05) is 7.11 Å². The Hall–Kier alpha value is -0.0400. The highest BCUT2D eigenvalue weighted by Gasteiger charge is 2.26. The Morgan fingerprint density at radius 1 is 0.667 bits per heavy atom. The van der Waals surface area contributed by atoms with E-state index in [1.165, 1.54) is 25.7 Å². The zero-order valence-corrected chi connectivity index (χ0v) is 8.26. The number of aliphatic hydroxyl groups is 1. The summed E-state index contributed by atoms with van der Waals surface area (Å²) < 4.78 is 0. The molecule has 0 amide bonds. The molecule has 0 unspecified atom stereocenters. The van der Waals surface area contributed by atoms with Gasteiger partial charge in [-0.15, -0.1) is 0 Å². The second-order valence-electron chi connectivity index (χ2n) is 4.09. The fourth-order valence-electron chi connectivity index (χ4n) is 2.86. The van der Waals surface area contributed by atoms with Crippen LogP contribution >= 0.6 is 0 Å². The molecular formula is C11H22O. The van der Waals surface area contributed by atoms with Crippen LogP contribution in [-0.2, 0) is 0 Å². The fraction of sp³-hybridized carbons (Fsp3) is 1.00. The Kier molecular flexibility index (Phi) is 4.67. The largest absolute Gasteiger partial charge is 0.400 e. The molecule has 2 aliphatic rings. The number of hydrogen-bond donors (Lipinski definition) is 1. The molecule has 0 aromatic heterocycles. The van der Waals surface area contributed by atoms with Gasteiger partial charge in [-0.05, 0) is 11.8 Å². The molecular weight excluding hydrogens is 148 g/mol. The molecule has 0 spiro atoms. The molecule has 1 N–H and O–H groups in total. The van der Waals surface area contributed by atoms with Crippen LogP contribution in [0.3, 0.4) is 0 Å². The van der Waals surface area contributed by atoms with Gasteiger partial charge in [-0.2, -0.15) is 0 Å². The number of fused-ring (bicyclic) bond motifs is 1. The van der Waals surface area contributed by atoms with E-state index in [-0.39, 0.29) is 0 Å². The quantitative estimate of drug-likeness (QED) is 0.592. The van der Waals surface area contributed by atoms with Crippen molar-refractivity contribution in [3.63, 3.8) is 0 Å². The highest BCUT2D eigenvalue weighted by atomic mass is 16.2. The molecule has 0 aromatic rings. The average Bonchev–Trinajstić information content (AvgIpc) is 2.21. The van der Waals surface area contributed by atoms with E-state index in [0.717, 1.165) is 18.9 Å². The van der Waals surface area contributed by atoms with E-state index in [2.05, 4.69) is 0 Å². The van der Waals surface area contributed by atoms with Gasteiger partial charge in [0.05, 0.1) is 0 Å². The highest BCUT2D eigenvalue weighted by molar-refractivity contribution is 4.78. The van der Waals surface area contributed by atoms with E-state index < -0.39 is 0 Å². The Bertz CT molecular complexity index is 85.6. The molecule has 2 rings (SSSR count). The zero-order valence-electron chi connectivity index (χ0n) is 8.26. The lowest BCUT2D eigenvalue weighted by Gasteiger charge is -2.35. The Morgan fingerprint density at radius 3 is 1.17 bits per heavy atom. The van der Waals surface area contributed by atoms with Crippen molar-refractivity contribution >= 4 is 0 Å². The Morgan fingerprint density at radius 2 is 0.917 bits per heavy atom. The smallest absolute Gasteiger partial charge is 0.0319 e. The van der Waals surface area contributed by atoms with Crippen LogP contribution in [0.4, 0.5) is 0 Å². The van der Waals surface area contributed by atoms with Crippen molar-refractivity contribution in [1.82, 2.24) is 0 Å². The van der Waals surface area contributed by atoms with Crippen LogP contribution in [0.15, 0.2) is 0 Å².